The molecule has 0 radical (unpaired) electrons. The van der Waals surface area contributed by atoms with Crippen LogP contribution in [-0.2, 0) is 10.0 Å². The molecule has 0 fully saturated rings. The van der Waals surface area contributed by atoms with Crippen LogP contribution in [0.25, 0.3) is 0 Å². The summed E-state index contributed by atoms with van der Waals surface area (Å²) in [4.78, 5) is -1.16. The zero-order valence-electron chi connectivity index (χ0n) is 10.3. The molecule has 1 rings (SSSR count). The molecule has 4 nitrogen and oxygen atoms in total. The summed E-state index contributed by atoms with van der Waals surface area (Å²) < 4.78 is 64.8. The molecule has 0 aliphatic heterocycles. The van der Waals surface area contributed by atoms with Gasteiger partial charge in [-0.3, -0.25) is 0 Å². The van der Waals surface area contributed by atoms with Crippen LogP contribution in [0.15, 0.2) is 17.0 Å². The lowest BCUT2D eigenvalue weighted by molar-refractivity contribution is 0.493. The van der Waals surface area contributed by atoms with Crippen LogP contribution in [0, 0.1) is 17.5 Å². The molecule has 0 heterocycles. The van der Waals surface area contributed by atoms with E-state index in [4.69, 9.17) is 0 Å². The van der Waals surface area contributed by atoms with E-state index in [1.54, 1.807) is 0 Å². The van der Waals surface area contributed by atoms with E-state index in [1.165, 1.54) is 0 Å². The zero-order chi connectivity index (χ0) is 14.5. The molecule has 0 aliphatic carbocycles. The topological polar surface area (TPSA) is 58.2 Å². The van der Waals surface area contributed by atoms with Crippen LogP contribution in [-0.4, -0.2) is 28.1 Å². The molecular formula is C11H15F3N2O2S. The second-order valence-electron chi connectivity index (χ2n) is 3.80. The van der Waals surface area contributed by atoms with Crippen LogP contribution in [0.1, 0.15) is 13.3 Å². The fraction of sp³-hybridized carbons (Fsp3) is 0.455. The van der Waals surface area contributed by atoms with Gasteiger partial charge in [0.15, 0.2) is 4.90 Å². The standard InChI is InChI=1S/C11H15F3N2O2S/c1-2-15-4-3-5-16-19(17,18)11-9(13)6-8(12)7-10(11)14/h6-7,15-16H,2-5H2,1H3. The number of benzene rings is 1. The highest BCUT2D eigenvalue weighted by atomic mass is 32.2. The second kappa shape index (κ2) is 6.88. The van der Waals surface area contributed by atoms with Crippen molar-refractivity contribution in [3.05, 3.63) is 29.6 Å². The van der Waals surface area contributed by atoms with Crippen molar-refractivity contribution in [2.45, 2.75) is 18.2 Å². The summed E-state index contributed by atoms with van der Waals surface area (Å²) in [6.45, 7) is 3.25. The maximum atomic E-state index is 13.3. The Morgan fingerprint density at radius 2 is 1.68 bits per heavy atom. The van der Waals surface area contributed by atoms with Gasteiger partial charge < -0.3 is 5.32 Å². The Kier molecular flexibility index (Phi) is 5.77. The van der Waals surface area contributed by atoms with Crippen molar-refractivity contribution in [2.75, 3.05) is 19.6 Å². The van der Waals surface area contributed by atoms with Gasteiger partial charge in [0.2, 0.25) is 10.0 Å². The lowest BCUT2D eigenvalue weighted by atomic mass is 10.3. The predicted octanol–water partition coefficient (Wildman–Crippen LogP) is 1.38. The van der Waals surface area contributed by atoms with Crippen LogP contribution in [0.5, 0.6) is 0 Å². The average Bonchev–Trinajstić information content (AvgIpc) is 2.26. The third-order valence-electron chi connectivity index (χ3n) is 2.30. The van der Waals surface area contributed by atoms with Gasteiger partial charge in [-0.2, -0.15) is 0 Å². The van der Waals surface area contributed by atoms with Crippen molar-refractivity contribution >= 4 is 10.0 Å². The molecule has 0 atom stereocenters. The van der Waals surface area contributed by atoms with E-state index in [2.05, 4.69) is 10.0 Å². The summed E-state index contributed by atoms with van der Waals surface area (Å²) in [7, 11) is -4.32. The molecule has 0 aromatic heterocycles. The number of halogens is 3. The first-order valence-electron chi connectivity index (χ1n) is 5.73. The second-order valence-corrected chi connectivity index (χ2v) is 5.51. The van der Waals surface area contributed by atoms with Gasteiger partial charge >= 0.3 is 0 Å². The van der Waals surface area contributed by atoms with Crippen LogP contribution in [0.2, 0.25) is 0 Å². The molecule has 0 saturated carbocycles. The number of hydrogen-bond acceptors (Lipinski definition) is 3. The monoisotopic (exact) mass is 296 g/mol. The number of rotatable bonds is 7. The van der Waals surface area contributed by atoms with Gasteiger partial charge in [0.25, 0.3) is 0 Å². The Labute approximate surface area is 110 Å². The van der Waals surface area contributed by atoms with Crippen LogP contribution >= 0.6 is 0 Å². The number of nitrogens with one attached hydrogen (secondary N) is 2. The van der Waals surface area contributed by atoms with E-state index >= 15 is 0 Å². The highest BCUT2D eigenvalue weighted by Gasteiger charge is 2.24. The Balaban J connectivity index is 2.78. The maximum absolute atomic E-state index is 13.3. The Hall–Kier alpha value is -1.12. The minimum absolute atomic E-state index is 0.0333. The molecule has 0 amide bonds. The van der Waals surface area contributed by atoms with Gasteiger partial charge in [-0.05, 0) is 19.5 Å². The van der Waals surface area contributed by atoms with Crippen LogP contribution < -0.4 is 10.0 Å². The Morgan fingerprint density at radius 3 is 2.21 bits per heavy atom. The molecule has 0 spiro atoms. The molecule has 19 heavy (non-hydrogen) atoms. The van der Waals surface area contributed by atoms with Crippen molar-refractivity contribution < 1.29 is 21.6 Å². The lowest BCUT2D eigenvalue weighted by Gasteiger charge is -2.09. The molecule has 2 N–H and O–H groups in total. The van der Waals surface area contributed by atoms with Crippen molar-refractivity contribution in [3.63, 3.8) is 0 Å². The van der Waals surface area contributed by atoms with Crippen LogP contribution in [0.4, 0.5) is 13.2 Å². The van der Waals surface area contributed by atoms with Crippen LogP contribution in [0.3, 0.4) is 0 Å². The minimum atomic E-state index is -4.32. The summed E-state index contributed by atoms with van der Waals surface area (Å²) in [6, 6.07) is 0.659. The summed E-state index contributed by atoms with van der Waals surface area (Å²) >= 11 is 0. The van der Waals surface area contributed by atoms with Gasteiger partial charge in [-0.25, -0.2) is 26.3 Å². The van der Waals surface area contributed by atoms with E-state index in [9.17, 15) is 21.6 Å². The van der Waals surface area contributed by atoms with Gasteiger partial charge in [0, 0.05) is 18.7 Å². The van der Waals surface area contributed by atoms with Gasteiger partial charge in [0.1, 0.15) is 17.5 Å². The molecule has 8 heteroatoms. The van der Waals surface area contributed by atoms with Crippen molar-refractivity contribution in [2.24, 2.45) is 0 Å². The van der Waals surface area contributed by atoms with E-state index < -0.39 is 32.4 Å². The zero-order valence-corrected chi connectivity index (χ0v) is 11.2. The fourth-order valence-corrected chi connectivity index (χ4v) is 2.64. The SMILES string of the molecule is CCNCCCNS(=O)(=O)c1c(F)cc(F)cc1F. The maximum Gasteiger partial charge on any atom is 0.246 e. The molecular weight excluding hydrogens is 281 g/mol. The fourth-order valence-electron chi connectivity index (χ4n) is 1.45. The summed E-state index contributed by atoms with van der Waals surface area (Å²) in [6.07, 6.45) is 0.470. The third-order valence-corrected chi connectivity index (χ3v) is 3.82. The molecule has 1 aromatic rings. The molecule has 0 saturated heterocycles. The van der Waals surface area contributed by atoms with E-state index in [0.717, 1.165) is 6.54 Å². The summed E-state index contributed by atoms with van der Waals surface area (Å²) in [5, 5.41) is 2.97. The smallest absolute Gasteiger partial charge is 0.246 e. The first-order chi connectivity index (χ1) is 8.88. The Bertz CT molecular complexity index is 512. The molecule has 1 aromatic carbocycles. The van der Waals surface area contributed by atoms with E-state index in [0.29, 0.717) is 25.1 Å². The molecule has 0 aliphatic rings. The minimum Gasteiger partial charge on any atom is -0.317 e. The van der Waals surface area contributed by atoms with Gasteiger partial charge in [0.05, 0.1) is 0 Å². The number of hydrogen-bond donors (Lipinski definition) is 2. The first kappa shape index (κ1) is 15.9. The Morgan fingerprint density at radius 1 is 1.11 bits per heavy atom. The largest absolute Gasteiger partial charge is 0.317 e. The third kappa shape index (κ3) is 4.48. The van der Waals surface area contributed by atoms with E-state index in [1.807, 2.05) is 6.92 Å². The normalized spacial score (nSPS) is 11.8. The highest BCUT2D eigenvalue weighted by molar-refractivity contribution is 7.89. The summed E-state index contributed by atoms with van der Waals surface area (Å²) in [5.41, 5.74) is 0. The molecule has 0 unspecified atom stereocenters. The lowest BCUT2D eigenvalue weighted by Crippen LogP contribution is -2.29. The molecule has 108 valence electrons. The number of sulfonamides is 1. The quantitative estimate of drug-likeness (QED) is 0.747. The van der Waals surface area contributed by atoms with Gasteiger partial charge in [-0.15, -0.1) is 0 Å². The van der Waals surface area contributed by atoms with E-state index in [-0.39, 0.29) is 6.54 Å². The van der Waals surface area contributed by atoms with Crippen molar-refractivity contribution in [3.8, 4) is 0 Å². The van der Waals surface area contributed by atoms with Crippen molar-refractivity contribution in [1.82, 2.24) is 10.0 Å². The van der Waals surface area contributed by atoms with Gasteiger partial charge in [-0.1, -0.05) is 6.92 Å². The molecule has 0 bridgehead atoms. The first-order valence-corrected chi connectivity index (χ1v) is 7.21. The van der Waals surface area contributed by atoms with Crippen molar-refractivity contribution in [1.29, 1.82) is 0 Å². The average molecular weight is 296 g/mol. The summed E-state index contributed by atoms with van der Waals surface area (Å²) in [5.74, 6) is -4.06. The highest BCUT2D eigenvalue weighted by Crippen LogP contribution is 2.19. The predicted molar refractivity (Wildman–Crippen MR) is 64.7 cm³/mol.